The van der Waals surface area contributed by atoms with Crippen LogP contribution in [0.5, 0.6) is 0 Å². The molecule has 274 valence electrons. The number of aromatic nitrogens is 2. The lowest BCUT2D eigenvalue weighted by molar-refractivity contribution is 0.663. The molecule has 0 amide bonds. The van der Waals surface area contributed by atoms with Crippen molar-refractivity contribution in [2.24, 2.45) is 0 Å². The van der Waals surface area contributed by atoms with Gasteiger partial charge in [-0.3, -0.25) is 0 Å². The van der Waals surface area contributed by atoms with Gasteiger partial charge in [0, 0.05) is 49.9 Å². The van der Waals surface area contributed by atoms with Crippen molar-refractivity contribution in [3.05, 3.63) is 223 Å². The summed E-state index contributed by atoms with van der Waals surface area (Å²) >= 11 is 0. The maximum absolute atomic E-state index is 3.79. The Hall–Kier alpha value is -7.54. The first kappa shape index (κ1) is 33.8. The molecule has 2 heterocycles. The van der Waals surface area contributed by atoms with Crippen LogP contribution in [0.3, 0.4) is 0 Å². The smallest absolute Gasteiger partial charge is 0.122 e. The van der Waals surface area contributed by atoms with E-state index in [0.717, 1.165) is 44.9 Å². The zero-order chi connectivity index (χ0) is 38.8. The van der Waals surface area contributed by atoms with E-state index in [4.69, 9.17) is 0 Å². The fourth-order valence-corrected chi connectivity index (χ4v) is 9.37. The second-order valence-corrected chi connectivity index (χ2v) is 15.6. The van der Waals surface area contributed by atoms with E-state index in [2.05, 4.69) is 240 Å². The molecular formula is C55H39N3. The Morgan fingerprint density at radius 3 is 1.60 bits per heavy atom. The molecule has 0 radical (unpaired) electrons. The quantitative estimate of drug-likeness (QED) is 0.160. The predicted molar refractivity (Wildman–Crippen MR) is 242 cm³/mol. The van der Waals surface area contributed by atoms with Crippen LogP contribution < -0.4 is 4.90 Å². The van der Waals surface area contributed by atoms with Gasteiger partial charge in [0.15, 0.2) is 0 Å². The summed E-state index contributed by atoms with van der Waals surface area (Å²) < 4.78 is 4.79. The van der Waals surface area contributed by atoms with Gasteiger partial charge < -0.3 is 14.0 Å². The number of nitrogens with zero attached hydrogens (tertiary/aromatic N) is 3. The summed E-state index contributed by atoms with van der Waals surface area (Å²) in [5.41, 5.74) is 15.9. The first-order chi connectivity index (χ1) is 28.6. The molecule has 3 nitrogen and oxygen atoms in total. The van der Waals surface area contributed by atoms with Crippen LogP contribution in [0.1, 0.15) is 36.2 Å². The lowest BCUT2D eigenvalue weighted by Crippen LogP contribution is -2.16. The number of hydrogen-bond donors (Lipinski definition) is 0. The normalized spacial score (nSPS) is 12.7. The molecule has 10 aromatic rings. The van der Waals surface area contributed by atoms with Crippen LogP contribution in [0.4, 0.5) is 17.1 Å². The minimum Gasteiger partial charge on any atom is -0.309 e. The van der Waals surface area contributed by atoms with Crippen LogP contribution in [0.25, 0.3) is 55.2 Å². The largest absolute Gasteiger partial charge is 0.309 e. The predicted octanol–water partition coefficient (Wildman–Crippen LogP) is 13.9. The van der Waals surface area contributed by atoms with Gasteiger partial charge in [-0.25, -0.2) is 0 Å². The van der Waals surface area contributed by atoms with E-state index in [1.807, 2.05) is 0 Å². The molecule has 0 spiro atoms. The Balaban J connectivity index is 1.12. The van der Waals surface area contributed by atoms with Gasteiger partial charge in [0.1, 0.15) is 5.69 Å². The van der Waals surface area contributed by atoms with Crippen molar-refractivity contribution in [1.82, 2.24) is 9.13 Å². The third-order valence-electron chi connectivity index (χ3n) is 11.9. The summed E-state index contributed by atoms with van der Waals surface area (Å²) in [7, 11) is 0. The van der Waals surface area contributed by atoms with Crippen molar-refractivity contribution in [3.8, 4) is 34.3 Å². The average molecular weight is 742 g/mol. The van der Waals surface area contributed by atoms with E-state index >= 15 is 0 Å². The molecule has 58 heavy (non-hydrogen) atoms. The molecule has 0 unspecified atom stereocenters. The minimum absolute atomic E-state index is 0.274. The van der Waals surface area contributed by atoms with E-state index in [-0.39, 0.29) is 5.41 Å². The van der Waals surface area contributed by atoms with Gasteiger partial charge in [-0.1, -0.05) is 147 Å². The molecule has 2 aromatic heterocycles. The fraction of sp³-hybridized carbons (Fsp3) is 0.0545. The van der Waals surface area contributed by atoms with Crippen molar-refractivity contribution in [2.45, 2.75) is 19.3 Å². The number of benzene rings is 8. The first-order valence-corrected chi connectivity index (χ1v) is 20.0. The number of para-hydroxylation sites is 6. The standard InChI is InChI=1S/C55H39N3/c1-55(2)48-37-38(31-33-43(48)45-34-35-46-44-27-15-17-29-49(44)58(54(46)52(45)55)42-25-13-6-14-26-42)32-36-51-53(56(39-19-7-3-8-20-39)40-21-9-4-10-22-40)47-28-16-18-30-50(47)57(51)41-23-11-5-12-24-41/h3-31,33-35,37H,1-2H3. The van der Waals surface area contributed by atoms with Gasteiger partial charge in [0.2, 0.25) is 0 Å². The molecule has 0 saturated heterocycles. The van der Waals surface area contributed by atoms with Crippen LogP contribution >= 0.6 is 0 Å². The molecule has 0 aliphatic heterocycles. The Kier molecular flexibility index (Phi) is 7.74. The van der Waals surface area contributed by atoms with Gasteiger partial charge in [-0.15, -0.1) is 0 Å². The van der Waals surface area contributed by atoms with Crippen molar-refractivity contribution < 1.29 is 0 Å². The maximum Gasteiger partial charge on any atom is 0.122 e. The summed E-state index contributed by atoms with van der Waals surface area (Å²) in [6.45, 7) is 4.76. The third-order valence-corrected chi connectivity index (χ3v) is 11.9. The zero-order valence-corrected chi connectivity index (χ0v) is 32.4. The molecule has 0 bridgehead atoms. The van der Waals surface area contributed by atoms with E-state index in [1.165, 1.54) is 49.7 Å². The Morgan fingerprint density at radius 2 is 0.966 bits per heavy atom. The van der Waals surface area contributed by atoms with Gasteiger partial charge in [0.25, 0.3) is 0 Å². The molecular weight excluding hydrogens is 703 g/mol. The first-order valence-electron chi connectivity index (χ1n) is 20.0. The lowest BCUT2D eigenvalue weighted by Gasteiger charge is -2.25. The van der Waals surface area contributed by atoms with E-state index in [9.17, 15) is 0 Å². The second-order valence-electron chi connectivity index (χ2n) is 15.6. The molecule has 8 aromatic carbocycles. The highest BCUT2D eigenvalue weighted by atomic mass is 15.2. The Morgan fingerprint density at radius 1 is 0.448 bits per heavy atom. The molecule has 1 aliphatic carbocycles. The Labute approximate surface area is 338 Å². The van der Waals surface area contributed by atoms with Crippen LogP contribution in [-0.2, 0) is 5.41 Å². The summed E-state index contributed by atoms with van der Waals surface area (Å²) in [6, 6.07) is 71.6. The topological polar surface area (TPSA) is 13.1 Å². The molecule has 1 aliphatic rings. The highest BCUT2D eigenvalue weighted by Gasteiger charge is 2.39. The van der Waals surface area contributed by atoms with Crippen molar-refractivity contribution >= 4 is 49.8 Å². The van der Waals surface area contributed by atoms with Gasteiger partial charge in [-0.2, -0.15) is 0 Å². The molecule has 0 fully saturated rings. The number of fused-ring (bicyclic) bond motifs is 8. The van der Waals surface area contributed by atoms with Crippen molar-refractivity contribution in [2.75, 3.05) is 4.90 Å². The fourth-order valence-electron chi connectivity index (χ4n) is 9.37. The number of anilines is 3. The number of hydrogen-bond acceptors (Lipinski definition) is 1. The maximum atomic E-state index is 3.79. The lowest BCUT2D eigenvalue weighted by atomic mass is 9.81. The highest BCUT2D eigenvalue weighted by Crippen LogP contribution is 2.53. The van der Waals surface area contributed by atoms with Gasteiger partial charge in [0.05, 0.1) is 22.2 Å². The van der Waals surface area contributed by atoms with Crippen molar-refractivity contribution in [3.63, 3.8) is 0 Å². The molecule has 0 atom stereocenters. The van der Waals surface area contributed by atoms with Crippen LogP contribution in [0.15, 0.2) is 200 Å². The second kappa shape index (κ2) is 13.3. The van der Waals surface area contributed by atoms with Crippen LogP contribution in [0.2, 0.25) is 0 Å². The van der Waals surface area contributed by atoms with Crippen LogP contribution in [0, 0.1) is 11.8 Å². The number of rotatable bonds is 5. The molecule has 0 N–H and O–H groups in total. The summed E-state index contributed by atoms with van der Waals surface area (Å²) in [5.74, 6) is 7.51. The van der Waals surface area contributed by atoms with E-state index < -0.39 is 0 Å². The van der Waals surface area contributed by atoms with Crippen molar-refractivity contribution in [1.29, 1.82) is 0 Å². The summed E-state index contributed by atoms with van der Waals surface area (Å²) in [6.07, 6.45) is 0. The van der Waals surface area contributed by atoms with Gasteiger partial charge >= 0.3 is 0 Å². The van der Waals surface area contributed by atoms with Crippen LogP contribution in [-0.4, -0.2) is 9.13 Å². The Bertz CT molecular complexity index is 3190. The molecule has 0 saturated carbocycles. The summed E-state index contributed by atoms with van der Waals surface area (Å²) in [4.78, 5) is 2.35. The average Bonchev–Trinajstić information content (AvgIpc) is 3.87. The summed E-state index contributed by atoms with van der Waals surface area (Å²) in [5, 5.41) is 3.68. The molecule has 3 heteroatoms. The minimum atomic E-state index is -0.274. The van der Waals surface area contributed by atoms with E-state index in [0.29, 0.717) is 0 Å². The highest BCUT2D eigenvalue weighted by molar-refractivity contribution is 6.13. The van der Waals surface area contributed by atoms with Gasteiger partial charge in [-0.05, 0) is 101 Å². The monoisotopic (exact) mass is 741 g/mol. The third kappa shape index (κ3) is 5.16. The zero-order valence-electron chi connectivity index (χ0n) is 32.4. The molecule has 11 rings (SSSR count). The SMILES string of the molecule is CC1(C)c2cc(C#Cc3c(N(c4ccccc4)c4ccccc4)c4ccccc4n3-c3ccccc3)ccc2-c2ccc3c4ccccc4n(-c4ccccc4)c3c21. The van der Waals surface area contributed by atoms with E-state index in [1.54, 1.807) is 0 Å².